The molecule has 2 fully saturated rings. The molecule has 1 atom stereocenters. The van der Waals surface area contributed by atoms with Crippen LogP contribution in [-0.4, -0.2) is 41.6 Å². The maximum Gasteiger partial charge on any atom is 0.294 e. The van der Waals surface area contributed by atoms with Gasteiger partial charge in [-0.05, 0) is 48.6 Å². The lowest BCUT2D eigenvalue weighted by Crippen LogP contribution is -2.42. The van der Waals surface area contributed by atoms with Gasteiger partial charge in [0.25, 0.3) is 10.0 Å². The number of anilines is 1. The molecule has 1 aromatic carbocycles. The van der Waals surface area contributed by atoms with E-state index in [-0.39, 0.29) is 27.7 Å². The third-order valence-corrected chi connectivity index (χ3v) is 9.26. The Labute approximate surface area is 194 Å². The number of thioether (sulfide) groups is 1. The van der Waals surface area contributed by atoms with Gasteiger partial charge >= 0.3 is 0 Å². The smallest absolute Gasteiger partial charge is 0.294 e. The van der Waals surface area contributed by atoms with Crippen LogP contribution >= 0.6 is 23.1 Å². The molecular formula is C21H22FN3O4S3. The molecule has 1 saturated carbocycles. The number of thiophene rings is 1. The molecular weight excluding hydrogens is 473 g/mol. The van der Waals surface area contributed by atoms with Crippen molar-refractivity contribution in [3.63, 3.8) is 0 Å². The monoisotopic (exact) mass is 495 g/mol. The summed E-state index contributed by atoms with van der Waals surface area (Å²) in [4.78, 5) is 27.2. The highest BCUT2D eigenvalue weighted by Crippen LogP contribution is 2.36. The first-order chi connectivity index (χ1) is 15.3. The van der Waals surface area contributed by atoms with E-state index < -0.39 is 27.0 Å². The Kier molecular flexibility index (Phi) is 6.96. The van der Waals surface area contributed by atoms with Crippen LogP contribution in [0.3, 0.4) is 0 Å². The van der Waals surface area contributed by atoms with Gasteiger partial charge in [-0.15, -0.1) is 15.7 Å². The summed E-state index contributed by atoms with van der Waals surface area (Å²) < 4.78 is 42.7. The molecule has 2 aliphatic rings. The van der Waals surface area contributed by atoms with E-state index in [9.17, 15) is 22.4 Å². The van der Waals surface area contributed by atoms with Crippen LogP contribution in [0.15, 0.2) is 50.4 Å². The molecule has 2 aromatic rings. The normalized spacial score (nSPS) is 21.3. The first-order valence-corrected chi connectivity index (χ1v) is 13.5. The van der Waals surface area contributed by atoms with Crippen LogP contribution in [0.1, 0.15) is 38.5 Å². The van der Waals surface area contributed by atoms with Crippen LogP contribution in [0.2, 0.25) is 0 Å². The van der Waals surface area contributed by atoms with E-state index in [1.54, 1.807) is 11.4 Å². The Morgan fingerprint density at radius 1 is 1.16 bits per heavy atom. The second-order valence-corrected chi connectivity index (χ2v) is 11.6. The van der Waals surface area contributed by atoms with Crippen molar-refractivity contribution in [3.8, 4) is 0 Å². The molecule has 1 unspecified atom stereocenters. The molecule has 1 aliphatic heterocycles. The van der Waals surface area contributed by atoms with Crippen LogP contribution in [-0.2, 0) is 19.6 Å². The van der Waals surface area contributed by atoms with Gasteiger partial charge in [0.2, 0.25) is 11.8 Å². The number of hydrogen-bond donors (Lipinski definition) is 1. The van der Waals surface area contributed by atoms with Crippen molar-refractivity contribution in [2.24, 2.45) is 4.40 Å². The first-order valence-electron chi connectivity index (χ1n) is 10.3. The van der Waals surface area contributed by atoms with E-state index >= 15 is 0 Å². The van der Waals surface area contributed by atoms with Gasteiger partial charge in [0.1, 0.15) is 15.3 Å². The van der Waals surface area contributed by atoms with Crippen molar-refractivity contribution in [1.82, 2.24) is 4.90 Å². The molecule has 32 heavy (non-hydrogen) atoms. The minimum absolute atomic E-state index is 0.110. The quantitative estimate of drug-likeness (QED) is 0.647. The highest BCUT2D eigenvalue weighted by atomic mass is 32.2. The SMILES string of the molecule is O=C(CC1S/C(=N/S(=O)(=O)c2cccs2)N(C2CCCCC2)C1=O)Nc1ccc(F)cc1. The topological polar surface area (TPSA) is 95.9 Å². The van der Waals surface area contributed by atoms with E-state index in [2.05, 4.69) is 9.71 Å². The molecule has 4 rings (SSSR count). The number of hydrogen-bond acceptors (Lipinski definition) is 6. The maximum atomic E-state index is 13.2. The van der Waals surface area contributed by atoms with Gasteiger partial charge in [-0.3, -0.25) is 14.5 Å². The largest absolute Gasteiger partial charge is 0.326 e. The summed E-state index contributed by atoms with van der Waals surface area (Å²) in [6, 6.07) is 8.32. The molecule has 1 saturated heterocycles. The minimum Gasteiger partial charge on any atom is -0.326 e. The summed E-state index contributed by atoms with van der Waals surface area (Å²) in [5, 5.41) is 3.67. The number of nitrogens with one attached hydrogen (secondary N) is 1. The van der Waals surface area contributed by atoms with Crippen molar-refractivity contribution >= 4 is 55.8 Å². The lowest BCUT2D eigenvalue weighted by atomic mass is 9.94. The lowest BCUT2D eigenvalue weighted by Gasteiger charge is -2.30. The van der Waals surface area contributed by atoms with Crippen molar-refractivity contribution in [2.45, 2.75) is 54.0 Å². The summed E-state index contributed by atoms with van der Waals surface area (Å²) in [6.45, 7) is 0. The average molecular weight is 496 g/mol. The molecule has 2 amide bonds. The molecule has 0 bridgehead atoms. The predicted molar refractivity (Wildman–Crippen MR) is 124 cm³/mol. The molecule has 1 aliphatic carbocycles. The third-order valence-electron chi connectivity index (χ3n) is 5.35. The second-order valence-electron chi connectivity index (χ2n) is 7.65. The van der Waals surface area contributed by atoms with E-state index in [4.69, 9.17) is 0 Å². The molecule has 7 nitrogen and oxygen atoms in total. The number of sulfonamides is 1. The maximum absolute atomic E-state index is 13.2. The van der Waals surface area contributed by atoms with Gasteiger partial charge in [-0.1, -0.05) is 37.1 Å². The number of rotatable bonds is 6. The van der Waals surface area contributed by atoms with Crippen LogP contribution in [0.25, 0.3) is 0 Å². The van der Waals surface area contributed by atoms with Crippen molar-refractivity contribution in [3.05, 3.63) is 47.6 Å². The zero-order valence-corrected chi connectivity index (χ0v) is 19.5. The van der Waals surface area contributed by atoms with Crippen LogP contribution < -0.4 is 5.32 Å². The fraction of sp³-hybridized carbons (Fsp3) is 0.381. The van der Waals surface area contributed by atoms with Gasteiger partial charge in [0, 0.05) is 18.2 Å². The fourth-order valence-corrected chi connectivity index (χ4v) is 7.20. The standard InChI is InChI=1S/C21H22FN3O4S3/c22-14-8-10-15(11-9-14)23-18(26)13-17-20(27)25(16-5-2-1-3-6-16)21(31-17)24-32(28,29)19-7-4-12-30-19/h4,7-12,16-17H,1-3,5-6,13H2,(H,23,26)/b24-21+. The molecule has 1 N–H and O–H groups in total. The zero-order valence-electron chi connectivity index (χ0n) is 17.1. The van der Waals surface area contributed by atoms with E-state index in [0.29, 0.717) is 5.69 Å². The molecule has 11 heteroatoms. The van der Waals surface area contributed by atoms with Crippen molar-refractivity contribution in [2.75, 3.05) is 5.32 Å². The number of nitrogens with zero attached hydrogens (tertiary/aromatic N) is 2. The van der Waals surface area contributed by atoms with E-state index in [1.165, 1.54) is 35.2 Å². The lowest BCUT2D eigenvalue weighted by molar-refractivity contribution is -0.130. The third kappa shape index (κ3) is 5.21. The minimum atomic E-state index is -3.94. The number of amidine groups is 1. The summed E-state index contributed by atoms with van der Waals surface area (Å²) in [5.41, 5.74) is 0.421. The van der Waals surface area contributed by atoms with Gasteiger partial charge in [0.15, 0.2) is 5.17 Å². The van der Waals surface area contributed by atoms with Crippen LogP contribution in [0, 0.1) is 5.82 Å². The Morgan fingerprint density at radius 2 is 1.88 bits per heavy atom. The average Bonchev–Trinajstić information content (AvgIpc) is 3.40. The number of carbonyl (C=O) groups is 2. The number of halogens is 1. The van der Waals surface area contributed by atoms with Gasteiger partial charge in [0.05, 0.1) is 0 Å². The van der Waals surface area contributed by atoms with E-state index in [0.717, 1.165) is 55.2 Å². The Morgan fingerprint density at radius 3 is 2.53 bits per heavy atom. The predicted octanol–water partition coefficient (Wildman–Crippen LogP) is 4.24. The highest BCUT2D eigenvalue weighted by Gasteiger charge is 2.43. The Bertz CT molecular complexity index is 1110. The Hall–Kier alpha value is -2.24. The molecule has 0 spiro atoms. The molecule has 2 heterocycles. The van der Waals surface area contributed by atoms with Crippen LogP contribution in [0.5, 0.6) is 0 Å². The highest BCUT2D eigenvalue weighted by molar-refractivity contribution is 8.16. The number of amides is 2. The van der Waals surface area contributed by atoms with Crippen molar-refractivity contribution < 1.29 is 22.4 Å². The summed E-state index contributed by atoms with van der Waals surface area (Å²) in [5.74, 6) is -1.12. The first kappa shape index (κ1) is 22.9. The van der Waals surface area contributed by atoms with Crippen LogP contribution in [0.4, 0.5) is 10.1 Å². The second kappa shape index (κ2) is 9.72. The van der Waals surface area contributed by atoms with Gasteiger partial charge in [-0.25, -0.2) is 4.39 Å². The van der Waals surface area contributed by atoms with Crippen molar-refractivity contribution in [1.29, 1.82) is 0 Å². The molecule has 1 aromatic heterocycles. The van der Waals surface area contributed by atoms with E-state index in [1.807, 2.05) is 0 Å². The molecule has 0 radical (unpaired) electrons. The summed E-state index contributed by atoms with van der Waals surface area (Å²) >= 11 is 2.08. The zero-order chi connectivity index (χ0) is 22.7. The summed E-state index contributed by atoms with van der Waals surface area (Å²) in [6.07, 6.45) is 4.41. The summed E-state index contributed by atoms with van der Waals surface area (Å²) in [7, 11) is -3.94. The fourth-order valence-electron chi connectivity index (χ4n) is 3.83. The number of benzene rings is 1. The number of carbonyl (C=O) groups excluding carboxylic acids is 2. The molecule has 170 valence electrons. The van der Waals surface area contributed by atoms with Gasteiger partial charge < -0.3 is 5.32 Å². The Balaban J connectivity index is 1.55. The van der Waals surface area contributed by atoms with Gasteiger partial charge in [-0.2, -0.15) is 8.42 Å².